The Hall–Kier alpha value is -0.630. The van der Waals surface area contributed by atoms with Crippen LogP contribution in [-0.4, -0.2) is 42.3 Å². The normalized spacial score (nSPS) is 25.5. The Morgan fingerprint density at radius 3 is 2.63 bits per heavy atom. The highest BCUT2D eigenvalue weighted by Gasteiger charge is 2.38. The van der Waals surface area contributed by atoms with Crippen LogP contribution in [0.25, 0.3) is 0 Å². The predicted octanol–water partition coefficient (Wildman–Crippen LogP) is 0.787. The summed E-state index contributed by atoms with van der Waals surface area (Å²) in [5.74, 6) is -0.0391. The molecule has 1 aromatic carbocycles. The Bertz CT molecular complexity index is 584. The quantitative estimate of drug-likeness (QED) is 0.841. The van der Waals surface area contributed by atoms with Gasteiger partial charge in [0, 0.05) is 10.0 Å². The summed E-state index contributed by atoms with van der Waals surface area (Å²) in [6, 6.07) is 3.52. The first-order valence-electron chi connectivity index (χ1n) is 5.77. The molecule has 1 heterocycles. The van der Waals surface area contributed by atoms with E-state index in [1.165, 1.54) is 0 Å². The van der Waals surface area contributed by atoms with Crippen molar-refractivity contribution in [3.05, 3.63) is 27.7 Å². The third kappa shape index (κ3) is 3.28. The third-order valence-electron chi connectivity index (χ3n) is 3.03. The first-order chi connectivity index (χ1) is 8.82. The van der Waals surface area contributed by atoms with Gasteiger partial charge in [0.1, 0.15) is 18.0 Å². The van der Waals surface area contributed by atoms with Crippen molar-refractivity contribution < 1.29 is 23.4 Å². The molecular weight excluding hydrogens is 336 g/mol. The molecule has 1 aliphatic heterocycles. The number of halogens is 1. The van der Waals surface area contributed by atoms with Crippen LogP contribution in [-0.2, 0) is 16.4 Å². The molecule has 1 saturated heterocycles. The van der Waals surface area contributed by atoms with E-state index in [9.17, 15) is 18.6 Å². The highest BCUT2D eigenvalue weighted by Crippen LogP contribution is 2.30. The van der Waals surface area contributed by atoms with Gasteiger partial charge in [-0.2, -0.15) is 0 Å². The second-order valence-electron chi connectivity index (χ2n) is 4.67. The Balaban J connectivity index is 2.29. The number of sulfone groups is 1. The van der Waals surface area contributed by atoms with Crippen LogP contribution in [0.5, 0.6) is 5.75 Å². The summed E-state index contributed by atoms with van der Waals surface area (Å²) in [5, 5.41) is 19.0. The van der Waals surface area contributed by atoms with E-state index in [0.29, 0.717) is 11.3 Å². The van der Waals surface area contributed by atoms with E-state index in [0.717, 1.165) is 10.0 Å². The predicted molar refractivity (Wildman–Crippen MR) is 73.9 cm³/mol. The fraction of sp³-hybridized carbons (Fsp3) is 0.500. The Labute approximate surface area is 120 Å². The van der Waals surface area contributed by atoms with E-state index >= 15 is 0 Å². The summed E-state index contributed by atoms with van der Waals surface area (Å²) in [4.78, 5) is 0. The molecule has 2 N–H and O–H groups in total. The first kappa shape index (κ1) is 14.8. The Morgan fingerprint density at radius 1 is 1.42 bits per heavy atom. The maximum atomic E-state index is 11.4. The minimum atomic E-state index is -3.25. The second-order valence-corrected chi connectivity index (χ2v) is 7.74. The van der Waals surface area contributed by atoms with Gasteiger partial charge in [-0.3, -0.25) is 0 Å². The molecule has 0 amide bonds. The van der Waals surface area contributed by atoms with Gasteiger partial charge in [-0.15, -0.1) is 0 Å². The maximum absolute atomic E-state index is 11.4. The van der Waals surface area contributed by atoms with Crippen LogP contribution in [0.3, 0.4) is 0 Å². The van der Waals surface area contributed by atoms with Crippen LogP contribution >= 0.6 is 15.9 Å². The van der Waals surface area contributed by atoms with Crippen molar-refractivity contribution in [3.63, 3.8) is 0 Å². The summed E-state index contributed by atoms with van der Waals surface area (Å²) < 4.78 is 29.3. The lowest BCUT2D eigenvalue weighted by atomic mass is 10.1. The van der Waals surface area contributed by atoms with E-state index in [-0.39, 0.29) is 18.1 Å². The van der Waals surface area contributed by atoms with Crippen molar-refractivity contribution >= 4 is 25.8 Å². The average Bonchev–Trinajstić information content (AvgIpc) is 2.55. The van der Waals surface area contributed by atoms with Gasteiger partial charge in [-0.25, -0.2) is 8.42 Å². The SMILES string of the molecule is Cc1cc(Br)cc(CO)c1OC1CS(=O)(=O)CC1O. The first-order valence-corrected chi connectivity index (χ1v) is 8.39. The summed E-state index contributed by atoms with van der Waals surface area (Å²) in [6.45, 7) is 1.58. The molecule has 0 aliphatic carbocycles. The number of aryl methyl sites for hydroxylation is 1. The Kier molecular flexibility index (Phi) is 4.20. The number of ether oxygens (including phenoxy) is 1. The molecule has 0 saturated carbocycles. The number of hydrogen-bond acceptors (Lipinski definition) is 5. The molecular formula is C12H15BrO5S. The van der Waals surface area contributed by atoms with Crippen LogP contribution < -0.4 is 4.74 Å². The smallest absolute Gasteiger partial charge is 0.156 e. The minimum absolute atomic E-state index is 0.200. The van der Waals surface area contributed by atoms with Crippen LogP contribution in [0.2, 0.25) is 0 Å². The molecule has 7 heteroatoms. The van der Waals surface area contributed by atoms with Gasteiger partial charge in [0.25, 0.3) is 0 Å². The van der Waals surface area contributed by atoms with E-state index in [1.54, 1.807) is 13.0 Å². The number of aliphatic hydroxyl groups is 2. The number of benzene rings is 1. The maximum Gasteiger partial charge on any atom is 0.156 e. The van der Waals surface area contributed by atoms with Gasteiger partial charge in [0.2, 0.25) is 0 Å². The summed E-state index contributed by atoms with van der Waals surface area (Å²) in [6.07, 6.45) is -1.81. The molecule has 2 rings (SSSR count). The lowest BCUT2D eigenvalue weighted by molar-refractivity contribution is 0.0716. The summed E-state index contributed by atoms with van der Waals surface area (Å²) in [5.41, 5.74) is 1.33. The van der Waals surface area contributed by atoms with Crippen molar-refractivity contribution in [2.45, 2.75) is 25.7 Å². The topological polar surface area (TPSA) is 83.8 Å². The summed E-state index contributed by atoms with van der Waals surface area (Å²) in [7, 11) is -3.25. The molecule has 1 aromatic rings. The molecule has 0 bridgehead atoms. The molecule has 1 fully saturated rings. The molecule has 19 heavy (non-hydrogen) atoms. The van der Waals surface area contributed by atoms with Crippen LogP contribution in [0.4, 0.5) is 0 Å². The standard InChI is InChI=1S/C12H15BrO5S/c1-7-2-9(13)3-8(4-14)12(7)18-11-6-19(16,17)5-10(11)15/h2-3,10-11,14-15H,4-6H2,1H3. The lowest BCUT2D eigenvalue weighted by Gasteiger charge is -2.20. The van der Waals surface area contributed by atoms with Gasteiger partial charge >= 0.3 is 0 Å². The van der Waals surface area contributed by atoms with Crippen molar-refractivity contribution in [1.29, 1.82) is 0 Å². The molecule has 1 aliphatic rings. The van der Waals surface area contributed by atoms with Crippen molar-refractivity contribution in [2.75, 3.05) is 11.5 Å². The van der Waals surface area contributed by atoms with Gasteiger partial charge < -0.3 is 14.9 Å². The minimum Gasteiger partial charge on any atom is -0.486 e. The molecule has 5 nitrogen and oxygen atoms in total. The fourth-order valence-corrected chi connectivity index (χ4v) is 4.43. The largest absolute Gasteiger partial charge is 0.486 e. The number of hydrogen-bond donors (Lipinski definition) is 2. The summed E-state index contributed by atoms with van der Waals surface area (Å²) >= 11 is 3.32. The van der Waals surface area contributed by atoms with Crippen LogP contribution in [0.15, 0.2) is 16.6 Å². The van der Waals surface area contributed by atoms with E-state index in [1.807, 2.05) is 6.07 Å². The molecule has 106 valence electrons. The lowest BCUT2D eigenvalue weighted by Crippen LogP contribution is -2.30. The van der Waals surface area contributed by atoms with Crippen LogP contribution in [0.1, 0.15) is 11.1 Å². The zero-order valence-corrected chi connectivity index (χ0v) is 12.7. The molecule has 0 aromatic heterocycles. The van der Waals surface area contributed by atoms with Crippen LogP contribution in [0, 0.1) is 6.92 Å². The van der Waals surface area contributed by atoms with Crippen molar-refractivity contribution in [1.82, 2.24) is 0 Å². The van der Waals surface area contributed by atoms with Gasteiger partial charge in [0.15, 0.2) is 9.84 Å². The van der Waals surface area contributed by atoms with Gasteiger partial charge in [0.05, 0.1) is 18.1 Å². The van der Waals surface area contributed by atoms with E-state index in [4.69, 9.17) is 4.74 Å². The zero-order valence-electron chi connectivity index (χ0n) is 10.3. The van der Waals surface area contributed by atoms with E-state index < -0.39 is 22.0 Å². The van der Waals surface area contributed by atoms with Crippen molar-refractivity contribution in [2.24, 2.45) is 0 Å². The molecule has 0 radical (unpaired) electrons. The third-order valence-corrected chi connectivity index (χ3v) is 5.17. The highest BCUT2D eigenvalue weighted by molar-refractivity contribution is 9.10. The molecule has 2 atom stereocenters. The average molecular weight is 351 g/mol. The monoisotopic (exact) mass is 350 g/mol. The Morgan fingerprint density at radius 2 is 2.11 bits per heavy atom. The molecule has 2 unspecified atom stereocenters. The fourth-order valence-electron chi connectivity index (χ4n) is 2.15. The molecule has 0 spiro atoms. The number of aliphatic hydroxyl groups excluding tert-OH is 2. The highest BCUT2D eigenvalue weighted by atomic mass is 79.9. The second kappa shape index (κ2) is 5.40. The zero-order chi connectivity index (χ0) is 14.2. The van der Waals surface area contributed by atoms with E-state index in [2.05, 4.69) is 15.9 Å². The van der Waals surface area contributed by atoms with Crippen molar-refractivity contribution in [3.8, 4) is 5.75 Å². The van der Waals surface area contributed by atoms with Gasteiger partial charge in [-0.05, 0) is 24.6 Å². The van der Waals surface area contributed by atoms with Gasteiger partial charge in [-0.1, -0.05) is 15.9 Å². The number of rotatable bonds is 3.